The third-order valence-electron chi connectivity index (χ3n) is 4.22. The number of hydrogen-bond donors (Lipinski definition) is 0. The van der Waals surface area contributed by atoms with Gasteiger partial charge in [0.2, 0.25) is 0 Å². The number of methoxy groups -OCH3 is 1. The lowest BCUT2D eigenvalue weighted by atomic mass is 10.1. The van der Waals surface area contributed by atoms with Gasteiger partial charge in [0, 0.05) is 31.6 Å². The molecule has 0 atom stereocenters. The van der Waals surface area contributed by atoms with Gasteiger partial charge in [-0.3, -0.25) is 4.79 Å². The van der Waals surface area contributed by atoms with Crippen LogP contribution in [0.4, 0.5) is 4.39 Å². The summed E-state index contributed by atoms with van der Waals surface area (Å²) in [6.07, 6.45) is 0. The number of thiophene rings is 1. The molecule has 10 heteroatoms. The molecule has 144 valence electrons. The molecule has 0 unspecified atom stereocenters. The molecule has 2 aromatic rings. The predicted octanol–water partition coefficient (Wildman–Crippen LogP) is 1.82. The molecule has 0 bridgehead atoms. The number of ether oxygens (including phenoxy) is 1. The fraction of sp³-hybridized carbons (Fsp3) is 0.294. The standard InChI is InChI=1S/C17H17FN2O5S2/c1-25-17(22)12-10-15(26-11-12)27(23,24)20-8-6-19(7-9-20)16(21)13-4-2-3-5-14(13)18/h2-5,10-11H,6-9H2,1H3. The van der Waals surface area contributed by atoms with E-state index in [1.807, 2.05) is 0 Å². The summed E-state index contributed by atoms with van der Waals surface area (Å²) in [5, 5.41) is 1.43. The molecule has 0 aliphatic carbocycles. The topological polar surface area (TPSA) is 84.0 Å². The van der Waals surface area contributed by atoms with Gasteiger partial charge >= 0.3 is 5.97 Å². The van der Waals surface area contributed by atoms with E-state index in [2.05, 4.69) is 4.74 Å². The van der Waals surface area contributed by atoms with Crippen molar-refractivity contribution in [3.05, 3.63) is 52.7 Å². The largest absolute Gasteiger partial charge is 0.465 e. The summed E-state index contributed by atoms with van der Waals surface area (Å²) >= 11 is 0.939. The van der Waals surface area contributed by atoms with Crippen molar-refractivity contribution >= 4 is 33.2 Å². The van der Waals surface area contributed by atoms with Crippen molar-refractivity contribution in [1.29, 1.82) is 0 Å². The number of rotatable bonds is 4. The Morgan fingerprint density at radius 1 is 1.15 bits per heavy atom. The first-order valence-electron chi connectivity index (χ1n) is 8.05. The first kappa shape index (κ1) is 19.5. The molecule has 2 heterocycles. The monoisotopic (exact) mass is 412 g/mol. The summed E-state index contributed by atoms with van der Waals surface area (Å²) < 4.78 is 45.1. The Hall–Kier alpha value is -2.30. The van der Waals surface area contributed by atoms with Crippen molar-refractivity contribution in [2.24, 2.45) is 0 Å². The number of halogens is 1. The van der Waals surface area contributed by atoms with Crippen molar-refractivity contribution in [3.63, 3.8) is 0 Å². The lowest BCUT2D eigenvalue weighted by molar-refractivity contribution is 0.0600. The molecule has 1 aromatic carbocycles. The summed E-state index contributed by atoms with van der Waals surface area (Å²) in [6, 6.07) is 6.97. The third-order valence-corrected chi connectivity index (χ3v) is 7.53. The van der Waals surface area contributed by atoms with Gasteiger partial charge in [0.05, 0.1) is 18.2 Å². The van der Waals surface area contributed by atoms with Crippen LogP contribution in [0.5, 0.6) is 0 Å². The third kappa shape index (κ3) is 3.87. The molecule has 1 aliphatic rings. The molecule has 1 aliphatic heterocycles. The van der Waals surface area contributed by atoms with E-state index in [-0.39, 0.29) is 41.5 Å². The van der Waals surface area contributed by atoms with Gasteiger partial charge in [0.15, 0.2) is 0 Å². The van der Waals surface area contributed by atoms with Crippen LogP contribution in [0.1, 0.15) is 20.7 Å². The second-order valence-electron chi connectivity index (χ2n) is 5.82. The Labute approximate surface area is 160 Å². The molecule has 1 saturated heterocycles. The number of sulfonamides is 1. The summed E-state index contributed by atoms with van der Waals surface area (Å²) in [4.78, 5) is 25.4. The average molecular weight is 412 g/mol. The van der Waals surface area contributed by atoms with Crippen molar-refractivity contribution in [1.82, 2.24) is 9.21 Å². The van der Waals surface area contributed by atoms with Gasteiger partial charge in [-0.1, -0.05) is 12.1 Å². The van der Waals surface area contributed by atoms with Crippen LogP contribution in [0.15, 0.2) is 39.9 Å². The number of hydrogen-bond acceptors (Lipinski definition) is 6. The highest BCUT2D eigenvalue weighted by Gasteiger charge is 2.32. The molecule has 3 rings (SSSR count). The van der Waals surface area contributed by atoms with Gasteiger partial charge in [0.1, 0.15) is 10.0 Å². The van der Waals surface area contributed by atoms with E-state index in [1.54, 1.807) is 6.07 Å². The van der Waals surface area contributed by atoms with Gasteiger partial charge in [-0.05, 0) is 18.2 Å². The van der Waals surface area contributed by atoms with Crippen molar-refractivity contribution in [2.75, 3.05) is 33.3 Å². The van der Waals surface area contributed by atoms with Gasteiger partial charge in [0.25, 0.3) is 15.9 Å². The van der Waals surface area contributed by atoms with Crippen LogP contribution in [0, 0.1) is 5.82 Å². The molecule has 1 fully saturated rings. The number of carbonyl (C=O) groups is 2. The average Bonchev–Trinajstić information content (AvgIpc) is 3.18. The first-order valence-corrected chi connectivity index (χ1v) is 10.4. The molecular formula is C17H17FN2O5S2. The Morgan fingerprint density at radius 2 is 1.81 bits per heavy atom. The maximum Gasteiger partial charge on any atom is 0.338 e. The van der Waals surface area contributed by atoms with Crippen LogP contribution >= 0.6 is 11.3 Å². The van der Waals surface area contributed by atoms with E-state index in [9.17, 15) is 22.4 Å². The smallest absolute Gasteiger partial charge is 0.338 e. The minimum absolute atomic E-state index is 0.0326. The van der Waals surface area contributed by atoms with Crippen LogP contribution in [0.25, 0.3) is 0 Å². The van der Waals surface area contributed by atoms with Crippen molar-refractivity contribution < 1.29 is 27.1 Å². The fourth-order valence-corrected chi connectivity index (χ4v) is 5.46. The molecule has 1 aromatic heterocycles. The van der Waals surface area contributed by atoms with E-state index in [0.29, 0.717) is 0 Å². The van der Waals surface area contributed by atoms with Crippen LogP contribution in [-0.2, 0) is 14.8 Å². The zero-order valence-corrected chi connectivity index (χ0v) is 16.1. The molecule has 7 nitrogen and oxygen atoms in total. The van der Waals surface area contributed by atoms with Crippen molar-refractivity contribution in [2.45, 2.75) is 4.21 Å². The Morgan fingerprint density at radius 3 is 2.44 bits per heavy atom. The lowest BCUT2D eigenvalue weighted by Crippen LogP contribution is -2.50. The summed E-state index contributed by atoms with van der Waals surface area (Å²) in [5.74, 6) is -1.67. The van der Waals surface area contributed by atoms with E-state index < -0.39 is 27.7 Å². The number of nitrogens with zero attached hydrogens (tertiary/aromatic N) is 2. The SMILES string of the molecule is COC(=O)c1csc(S(=O)(=O)N2CCN(C(=O)c3ccccc3F)CC2)c1. The number of benzene rings is 1. The second-order valence-corrected chi connectivity index (χ2v) is 8.90. The predicted molar refractivity (Wildman–Crippen MR) is 96.7 cm³/mol. The zero-order valence-electron chi connectivity index (χ0n) is 14.4. The van der Waals surface area contributed by atoms with Crippen LogP contribution in [0.2, 0.25) is 0 Å². The summed E-state index contributed by atoms with van der Waals surface area (Å²) in [5.41, 5.74) is 0.143. The molecule has 0 N–H and O–H groups in total. The van der Waals surface area contributed by atoms with Gasteiger partial charge < -0.3 is 9.64 Å². The number of carbonyl (C=O) groups excluding carboxylic acids is 2. The number of esters is 1. The maximum absolute atomic E-state index is 13.8. The van der Waals surface area contributed by atoms with Gasteiger partial charge in [-0.15, -0.1) is 11.3 Å². The molecule has 1 amide bonds. The molecular weight excluding hydrogens is 395 g/mol. The highest BCUT2D eigenvalue weighted by Crippen LogP contribution is 2.25. The Bertz CT molecular complexity index is 965. The fourth-order valence-electron chi connectivity index (χ4n) is 2.74. The normalized spacial score (nSPS) is 15.6. The summed E-state index contributed by atoms with van der Waals surface area (Å²) in [7, 11) is -2.55. The minimum Gasteiger partial charge on any atom is -0.465 e. The number of piperazine rings is 1. The number of amides is 1. The van der Waals surface area contributed by atoms with Gasteiger partial charge in [-0.2, -0.15) is 4.31 Å². The summed E-state index contributed by atoms with van der Waals surface area (Å²) in [6.45, 7) is 0.491. The van der Waals surface area contributed by atoms with E-state index in [4.69, 9.17) is 0 Å². The highest BCUT2D eigenvalue weighted by molar-refractivity contribution is 7.91. The quantitative estimate of drug-likeness (QED) is 0.716. The second kappa shape index (κ2) is 7.75. The first-order chi connectivity index (χ1) is 12.8. The van der Waals surface area contributed by atoms with Crippen LogP contribution < -0.4 is 0 Å². The van der Waals surface area contributed by atoms with Crippen molar-refractivity contribution in [3.8, 4) is 0 Å². The van der Waals surface area contributed by atoms with E-state index in [0.717, 1.165) is 11.3 Å². The van der Waals surface area contributed by atoms with Gasteiger partial charge in [-0.25, -0.2) is 17.6 Å². The molecule has 27 heavy (non-hydrogen) atoms. The van der Waals surface area contributed by atoms with E-state index in [1.165, 1.54) is 46.0 Å². The highest BCUT2D eigenvalue weighted by atomic mass is 32.2. The van der Waals surface area contributed by atoms with Crippen LogP contribution in [-0.4, -0.2) is 62.8 Å². The minimum atomic E-state index is -3.77. The zero-order chi connectivity index (χ0) is 19.6. The molecule has 0 saturated carbocycles. The molecule has 0 spiro atoms. The van der Waals surface area contributed by atoms with Crippen LogP contribution in [0.3, 0.4) is 0 Å². The maximum atomic E-state index is 13.8. The molecule has 0 radical (unpaired) electrons. The van der Waals surface area contributed by atoms with E-state index >= 15 is 0 Å². The Balaban J connectivity index is 1.69. The lowest BCUT2D eigenvalue weighted by Gasteiger charge is -2.33. The Kier molecular flexibility index (Phi) is 5.59.